The molecule has 3 rings (SSSR count). The summed E-state index contributed by atoms with van der Waals surface area (Å²) < 4.78 is 10.7. The number of halogens is 2. The molecule has 1 N–H and O–H groups in total. The highest BCUT2D eigenvalue weighted by Crippen LogP contribution is 2.29. The van der Waals surface area contributed by atoms with Gasteiger partial charge in [0.05, 0.1) is 11.4 Å². The van der Waals surface area contributed by atoms with Crippen molar-refractivity contribution in [1.29, 1.82) is 0 Å². The number of carbonyl (C=O) groups is 2. The van der Waals surface area contributed by atoms with Crippen molar-refractivity contribution in [1.82, 2.24) is 0 Å². The van der Waals surface area contributed by atoms with Crippen molar-refractivity contribution in [3.63, 3.8) is 0 Å². The molecule has 3 aromatic rings. The van der Waals surface area contributed by atoms with Gasteiger partial charge in [-0.3, -0.25) is 4.79 Å². The fourth-order valence-corrected chi connectivity index (χ4v) is 2.96. The van der Waals surface area contributed by atoms with Gasteiger partial charge < -0.3 is 14.6 Å². The highest BCUT2D eigenvalue weighted by atomic mass is 35.5. The largest absolute Gasteiger partial charge is 0.478 e. The van der Waals surface area contributed by atoms with Crippen LogP contribution in [0.25, 0.3) is 10.8 Å². The van der Waals surface area contributed by atoms with E-state index in [1.54, 1.807) is 12.1 Å². The Morgan fingerprint density at radius 3 is 2.44 bits per heavy atom. The Balaban J connectivity index is 1.74. The van der Waals surface area contributed by atoms with Crippen LogP contribution in [0.4, 0.5) is 0 Å². The lowest BCUT2D eigenvalue weighted by molar-refractivity contribution is -0.150. The number of hydrogen-bond donors (Lipinski definition) is 1. The molecule has 1 unspecified atom stereocenters. The first-order valence-electron chi connectivity index (χ1n) is 7.97. The summed E-state index contributed by atoms with van der Waals surface area (Å²) in [7, 11) is 0. The minimum Gasteiger partial charge on any atom is -0.478 e. The van der Waals surface area contributed by atoms with Crippen molar-refractivity contribution in [3.05, 3.63) is 70.7 Å². The Morgan fingerprint density at radius 1 is 0.963 bits per heavy atom. The van der Waals surface area contributed by atoms with Gasteiger partial charge in [0.25, 0.3) is 0 Å². The average molecular weight is 405 g/mol. The number of aliphatic carboxylic acids is 1. The molecule has 0 aromatic heterocycles. The first-order chi connectivity index (χ1) is 12.9. The zero-order chi connectivity index (χ0) is 19.4. The van der Waals surface area contributed by atoms with Crippen molar-refractivity contribution in [3.8, 4) is 11.5 Å². The normalized spacial score (nSPS) is 11.8. The molecule has 0 heterocycles. The van der Waals surface area contributed by atoms with E-state index in [1.165, 1.54) is 18.2 Å². The summed E-state index contributed by atoms with van der Waals surface area (Å²) in [5, 5.41) is 11.6. The van der Waals surface area contributed by atoms with Gasteiger partial charge in [-0.25, -0.2) is 4.79 Å². The van der Waals surface area contributed by atoms with E-state index in [4.69, 9.17) is 32.7 Å². The van der Waals surface area contributed by atoms with Crippen LogP contribution in [0.3, 0.4) is 0 Å². The summed E-state index contributed by atoms with van der Waals surface area (Å²) in [4.78, 5) is 23.8. The quantitative estimate of drug-likeness (QED) is 0.463. The maximum Gasteiger partial charge on any atom is 0.345 e. The number of benzene rings is 3. The fourth-order valence-electron chi connectivity index (χ4n) is 2.50. The highest BCUT2D eigenvalue weighted by molar-refractivity contribution is 6.35. The summed E-state index contributed by atoms with van der Waals surface area (Å²) in [6.45, 7) is 0. The molecular weight excluding hydrogens is 391 g/mol. The van der Waals surface area contributed by atoms with E-state index in [9.17, 15) is 14.7 Å². The van der Waals surface area contributed by atoms with Gasteiger partial charge in [-0.05, 0) is 29.7 Å². The lowest BCUT2D eigenvalue weighted by atomic mass is 10.1. The minimum absolute atomic E-state index is 0.117. The van der Waals surface area contributed by atoms with Crippen molar-refractivity contribution < 1.29 is 24.2 Å². The first kappa shape index (κ1) is 19.0. The van der Waals surface area contributed by atoms with Gasteiger partial charge in [0.1, 0.15) is 11.5 Å². The van der Waals surface area contributed by atoms with Gasteiger partial charge >= 0.3 is 11.9 Å². The van der Waals surface area contributed by atoms with Crippen LogP contribution in [0.5, 0.6) is 11.5 Å². The third-order valence-electron chi connectivity index (χ3n) is 3.76. The van der Waals surface area contributed by atoms with E-state index in [2.05, 4.69) is 0 Å². The molecule has 5 nitrogen and oxygen atoms in total. The third-order valence-corrected chi connectivity index (χ3v) is 4.29. The van der Waals surface area contributed by atoms with E-state index in [1.807, 2.05) is 30.3 Å². The lowest BCUT2D eigenvalue weighted by Gasteiger charge is -2.16. The summed E-state index contributed by atoms with van der Waals surface area (Å²) in [6, 6.07) is 17.1. The van der Waals surface area contributed by atoms with Crippen LogP contribution in [0.15, 0.2) is 60.7 Å². The molecule has 0 fully saturated rings. The van der Waals surface area contributed by atoms with Gasteiger partial charge in [0.15, 0.2) is 0 Å². The number of ether oxygens (including phenoxy) is 2. The third kappa shape index (κ3) is 4.70. The molecule has 1 atom stereocenters. The number of esters is 1. The fraction of sp³-hybridized carbons (Fsp3) is 0.100. The molecule has 3 aromatic carbocycles. The van der Waals surface area contributed by atoms with E-state index in [0.717, 1.165) is 10.8 Å². The van der Waals surface area contributed by atoms with Crippen molar-refractivity contribution in [2.45, 2.75) is 12.5 Å². The molecule has 7 heteroatoms. The minimum atomic E-state index is -1.45. The number of carboxylic acids is 1. The number of carboxylic acid groups (broad SMARTS) is 1. The van der Waals surface area contributed by atoms with Crippen LogP contribution in [-0.2, 0) is 9.59 Å². The molecule has 0 amide bonds. The monoisotopic (exact) mass is 404 g/mol. The number of carbonyl (C=O) groups excluding carboxylic acids is 1. The van der Waals surface area contributed by atoms with Crippen LogP contribution in [0, 0.1) is 0 Å². The predicted octanol–water partition coefficient (Wildman–Crippen LogP) is 4.97. The van der Waals surface area contributed by atoms with Crippen molar-refractivity contribution in [2.75, 3.05) is 0 Å². The molecule has 27 heavy (non-hydrogen) atoms. The molecule has 0 radical (unpaired) electrons. The molecule has 0 aliphatic heterocycles. The molecule has 138 valence electrons. The Bertz CT molecular complexity index is 997. The maximum absolute atomic E-state index is 12.3. The summed E-state index contributed by atoms with van der Waals surface area (Å²) >= 11 is 11.8. The second-order valence-corrected chi connectivity index (χ2v) is 6.52. The Morgan fingerprint density at radius 2 is 1.70 bits per heavy atom. The van der Waals surface area contributed by atoms with Crippen LogP contribution in [-0.4, -0.2) is 23.1 Å². The van der Waals surface area contributed by atoms with E-state index in [0.29, 0.717) is 10.8 Å². The van der Waals surface area contributed by atoms with E-state index >= 15 is 0 Å². The molecule has 0 saturated carbocycles. The van der Waals surface area contributed by atoms with Crippen LogP contribution in [0.2, 0.25) is 10.0 Å². The van der Waals surface area contributed by atoms with Crippen LogP contribution < -0.4 is 9.47 Å². The zero-order valence-corrected chi connectivity index (χ0v) is 15.4. The molecule has 0 aliphatic carbocycles. The summed E-state index contributed by atoms with van der Waals surface area (Å²) in [6.07, 6.45) is -1.94. The number of rotatable bonds is 6. The SMILES string of the molecule is O=C(CC(Oc1ccc(Cl)cc1Cl)C(=O)O)Oc1cccc2ccccc12. The molecule has 0 bridgehead atoms. The van der Waals surface area contributed by atoms with Gasteiger partial charge in [-0.15, -0.1) is 0 Å². The van der Waals surface area contributed by atoms with Gasteiger partial charge in [-0.2, -0.15) is 0 Å². The predicted molar refractivity (Wildman–Crippen MR) is 103 cm³/mol. The van der Waals surface area contributed by atoms with Gasteiger partial charge in [0, 0.05) is 10.4 Å². The molecule has 0 saturated heterocycles. The summed E-state index contributed by atoms with van der Waals surface area (Å²) in [5.74, 6) is -1.57. The van der Waals surface area contributed by atoms with Crippen LogP contribution in [0.1, 0.15) is 6.42 Å². The average Bonchev–Trinajstić information content (AvgIpc) is 2.63. The Hall–Kier alpha value is -2.76. The molecule has 0 spiro atoms. The first-order valence-corrected chi connectivity index (χ1v) is 8.72. The van der Waals surface area contributed by atoms with Crippen LogP contribution >= 0.6 is 23.2 Å². The Labute approximate surface area is 165 Å². The standard InChI is InChI=1S/C20H14Cl2O5/c21-13-8-9-17(15(22)10-13)26-18(20(24)25)11-19(23)27-16-7-3-5-12-4-1-2-6-14(12)16/h1-10,18H,11H2,(H,24,25). The second kappa shape index (κ2) is 8.29. The lowest BCUT2D eigenvalue weighted by Crippen LogP contribution is -2.31. The summed E-state index contributed by atoms with van der Waals surface area (Å²) in [5.41, 5.74) is 0. The smallest absolute Gasteiger partial charge is 0.345 e. The van der Waals surface area contributed by atoms with E-state index < -0.39 is 24.5 Å². The second-order valence-electron chi connectivity index (χ2n) is 5.67. The van der Waals surface area contributed by atoms with Gasteiger partial charge in [0.2, 0.25) is 6.10 Å². The number of fused-ring (bicyclic) bond motifs is 1. The van der Waals surface area contributed by atoms with Crippen molar-refractivity contribution in [2.24, 2.45) is 0 Å². The van der Waals surface area contributed by atoms with Crippen molar-refractivity contribution >= 4 is 45.9 Å². The number of hydrogen-bond acceptors (Lipinski definition) is 4. The molecule has 0 aliphatic rings. The maximum atomic E-state index is 12.3. The topological polar surface area (TPSA) is 72.8 Å². The van der Waals surface area contributed by atoms with Gasteiger partial charge in [-0.1, -0.05) is 59.6 Å². The highest BCUT2D eigenvalue weighted by Gasteiger charge is 2.25. The molecular formula is C20H14Cl2O5. The zero-order valence-electron chi connectivity index (χ0n) is 13.9. The Kier molecular flexibility index (Phi) is 5.84. The van der Waals surface area contributed by atoms with E-state index in [-0.39, 0.29) is 10.8 Å².